The van der Waals surface area contributed by atoms with Crippen LogP contribution in [0, 0.1) is 6.92 Å². The first-order chi connectivity index (χ1) is 13.9. The van der Waals surface area contributed by atoms with Gasteiger partial charge in [-0.2, -0.15) is 0 Å². The Morgan fingerprint density at radius 1 is 1.14 bits per heavy atom. The van der Waals surface area contributed by atoms with Gasteiger partial charge in [0, 0.05) is 31.6 Å². The number of hydrogen-bond donors (Lipinski definition) is 2. The molecule has 0 spiro atoms. The van der Waals surface area contributed by atoms with Crippen LogP contribution >= 0.6 is 0 Å². The number of amides is 2. The average Bonchev–Trinajstić information content (AvgIpc) is 2.72. The fourth-order valence-electron chi connectivity index (χ4n) is 3.71. The molecule has 5 nitrogen and oxygen atoms in total. The maximum Gasteiger partial charge on any atom is 0.253 e. The molecule has 5 heteroatoms. The second-order valence-corrected chi connectivity index (χ2v) is 7.80. The summed E-state index contributed by atoms with van der Waals surface area (Å²) in [5.41, 5.74) is 3.09. The molecular weight excluding hydrogens is 364 g/mol. The van der Waals surface area contributed by atoms with E-state index >= 15 is 0 Å². The molecule has 2 N–H and O–H groups in total. The molecule has 1 aliphatic heterocycles. The van der Waals surface area contributed by atoms with E-state index in [0.29, 0.717) is 44.5 Å². The van der Waals surface area contributed by atoms with Crippen LogP contribution in [0.3, 0.4) is 0 Å². The number of piperidine rings is 1. The number of aryl methyl sites for hydroxylation is 1. The van der Waals surface area contributed by atoms with Gasteiger partial charge in [-0.1, -0.05) is 48.5 Å². The van der Waals surface area contributed by atoms with Crippen molar-refractivity contribution < 1.29 is 14.7 Å². The molecule has 0 aliphatic carbocycles. The van der Waals surface area contributed by atoms with Crippen molar-refractivity contribution in [2.45, 2.75) is 38.3 Å². The molecule has 0 aromatic heterocycles. The van der Waals surface area contributed by atoms with Gasteiger partial charge in [-0.05, 0) is 49.1 Å². The van der Waals surface area contributed by atoms with Gasteiger partial charge in [0.05, 0.1) is 5.60 Å². The summed E-state index contributed by atoms with van der Waals surface area (Å²) >= 11 is 0. The Kier molecular flexibility index (Phi) is 6.49. The molecule has 1 heterocycles. The quantitative estimate of drug-likeness (QED) is 0.743. The van der Waals surface area contributed by atoms with Crippen molar-refractivity contribution in [2.24, 2.45) is 0 Å². The van der Waals surface area contributed by atoms with Crippen molar-refractivity contribution in [3.63, 3.8) is 0 Å². The number of nitrogens with zero attached hydrogens (tertiary/aromatic N) is 1. The van der Waals surface area contributed by atoms with E-state index in [4.69, 9.17) is 0 Å². The van der Waals surface area contributed by atoms with Gasteiger partial charge in [0.1, 0.15) is 0 Å². The molecule has 1 aliphatic rings. The number of rotatable bonds is 6. The van der Waals surface area contributed by atoms with Crippen LogP contribution in [0.4, 0.5) is 0 Å². The Morgan fingerprint density at radius 3 is 2.45 bits per heavy atom. The van der Waals surface area contributed by atoms with Crippen molar-refractivity contribution in [1.82, 2.24) is 10.2 Å². The minimum atomic E-state index is -0.766. The SMILES string of the molecule is C=CC(=O)NCc1ccc(C(=O)N2CCC(O)(Cc3cccc(C)c3)CC2)cc1. The highest BCUT2D eigenvalue weighted by atomic mass is 16.3. The van der Waals surface area contributed by atoms with Crippen LogP contribution in [0.15, 0.2) is 61.2 Å². The number of likely N-dealkylation sites (tertiary alicyclic amines) is 1. The van der Waals surface area contributed by atoms with E-state index in [1.165, 1.54) is 11.6 Å². The summed E-state index contributed by atoms with van der Waals surface area (Å²) in [5.74, 6) is -0.249. The molecule has 0 saturated carbocycles. The average molecular weight is 392 g/mol. The first-order valence-corrected chi connectivity index (χ1v) is 9.95. The zero-order valence-electron chi connectivity index (χ0n) is 16.9. The standard InChI is InChI=1S/C24H28N2O3/c1-3-22(27)25-17-19-7-9-21(10-8-19)23(28)26-13-11-24(29,12-14-26)16-20-6-4-5-18(2)15-20/h3-10,15,29H,1,11-14,16-17H2,2H3,(H,25,27). The Hall–Kier alpha value is -2.92. The monoisotopic (exact) mass is 392 g/mol. The number of nitrogens with one attached hydrogen (secondary N) is 1. The maximum atomic E-state index is 12.8. The van der Waals surface area contributed by atoms with Gasteiger partial charge in [0.15, 0.2) is 0 Å². The minimum absolute atomic E-state index is 0.0238. The van der Waals surface area contributed by atoms with Gasteiger partial charge >= 0.3 is 0 Å². The highest BCUT2D eigenvalue weighted by molar-refractivity contribution is 5.94. The molecule has 2 aromatic rings. The summed E-state index contributed by atoms with van der Waals surface area (Å²) < 4.78 is 0. The number of carbonyl (C=O) groups is 2. The van der Waals surface area contributed by atoms with Crippen LogP contribution in [0.25, 0.3) is 0 Å². The molecule has 0 bridgehead atoms. The zero-order chi connectivity index (χ0) is 20.9. The van der Waals surface area contributed by atoms with Crippen molar-refractivity contribution >= 4 is 11.8 Å². The van der Waals surface area contributed by atoms with E-state index in [1.54, 1.807) is 17.0 Å². The lowest BCUT2D eigenvalue weighted by Gasteiger charge is -2.38. The van der Waals surface area contributed by atoms with Crippen LogP contribution in [-0.2, 0) is 17.8 Å². The van der Waals surface area contributed by atoms with E-state index in [-0.39, 0.29) is 11.8 Å². The predicted molar refractivity (Wildman–Crippen MR) is 113 cm³/mol. The lowest BCUT2D eigenvalue weighted by Crippen LogP contribution is -2.47. The Bertz CT molecular complexity index is 881. The van der Waals surface area contributed by atoms with E-state index in [9.17, 15) is 14.7 Å². The summed E-state index contributed by atoms with van der Waals surface area (Å²) in [6, 6.07) is 15.5. The largest absolute Gasteiger partial charge is 0.389 e. The Labute approximate surface area is 172 Å². The molecule has 0 unspecified atom stereocenters. The van der Waals surface area contributed by atoms with Crippen molar-refractivity contribution in [3.05, 3.63) is 83.4 Å². The van der Waals surface area contributed by atoms with Gasteiger partial charge in [-0.15, -0.1) is 0 Å². The molecule has 152 valence electrons. The Morgan fingerprint density at radius 2 is 1.83 bits per heavy atom. The first kappa shape index (κ1) is 20.8. The number of hydrogen-bond acceptors (Lipinski definition) is 3. The van der Waals surface area contributed by atoms with Gasteiger partial charge in [0.25, 0.3) is 5.91 Å². The zero-order valence-corrected chi connectivity index (χ0v) is 16.9. The summed E-state index contributed by atoms with van der Waals surface area (Å²) in [5, 5.41) is 13.7. The van der Waals surface area contributed by atoms with E-state index in [1.807, 2.05) is 37.3 Å². The number of carbonyl (C=O) groups excluding carboxylic acids is 2. The lowest BCUT2D eigenvalue weighted by atomic mass is 9.85. The van der Waals surface area contributed by atoms with Gasteiger partial charge in [0.2, 0.25) is 5.91 Å². The third-order valence-corrected chi connectivity index (χ3v) is 5.45. The van der Waals surface area contributed by atoms with E-state index in [0.717, 1.165) is 11.1 Å². The van der Waals surface area contributed by atoms with Crippen molar-refractivity contribution in [2.75, 3.05) is 13.1 Å². The van der Waals surface area contributed by atoms with Crippen LogP contribution in [0.2, 0.25) is 0 Å². The van der Waals surface area contributed by atoms with Crippen molar-refractivity contribution in [3.8, 4) is 0 Å². The smallest absolute Gasteiger partial charge is 0.253 e. The lowest BCUT2D eigenvalue weighted by molar-refractivity contribution is -0.116. The third-order valence-electron chi connectivity index (χ3n) is 5.45. The highest BCUT2D eigenvalue weighted by Gasteiger charge is 2.34. The second kappa shape index (κ2) is 9.05. The summed E-state index contributed by atoms with van der Waals surface area (Å²) in [6.07, 6.45) is 2.98. The van der Waals surface area contributed by atoms with Crippen LogP contribution in [0.5, 0.6) is 0 Å². The Balaban J connectivity index is 1.55. The fourth-order valence-corrected chi connectivity index (χ4v) is 3.71. The van der Waals surface area contributed by atoms with Crippen LogP contribution in [0.1, 0.15) is 39.9 Å². The van der Waals surface area contributed by atoms with Gasteiger partial charge in [-0.25, -0.2) is 0 Å². The van der Waals surface area contributed by atoms with Crippen LogP contribution < -0.4 is 5.32 Å². The molecule has 1 fully saturated rings. The minimum Gasteiger partial charge on any atom is -0.389 e. The molecule has 2 amide bonds. The third kappa shape index (κ3) is 5.55. The van der Waals surface area contributed by atoms with Crippen LogP contribution in [-0.4, -0.2) is 40.5 Å². The highest BCUT2D eigenvalue weighted by Crippen LogP contribution is 2.27. The molecule has 3 rings (SSSR count). The molecule has 2 aromatic carbocycles. The molecular formula is C24H28N2O3. The predicted octanol–water partition coefficient (Wildman–Crippen LogP) is 3.01. The molecule has 0 radical (unpaired) electrons. The molecule has 29 heavy (non-hydrogen) atoms. The summed E-state index contributed by atoms with van der Waals surface area (Å²) in [4.78, 5) is 25.8. The maximum absolute atomic E-state index is 12.8. The van der Waals surface area contributed by atoms with Gasteiger partial charge in [-0.3, -0.25) is 9.59 Å². The summed E-state index contributed by atoms with van der Waals surface area (Å²) in [6.45, 7) is 6.95. The molecule has 1 saturated heterocycles. The molecule has 0 atom stereocenters. The van der Waals surface area contributed by atoms with Crippen molar-refractivity contribution in [1.29, 1.82) is 0 Å². The normalized spacial score (nSPS) is 15.6. The number of benzene rings is 2. The topological polar surface area (TPSA) is 69.6 Å². The fraction of sp³-hybridized carbons (Fsp3) is 0.333. The first-order valence-electron chi connectivity index (χ1n) is 9.95. The second-order valence-electron chi connectivity index (χ2n) is 7.80. The summed E-state index contributed by atoms with van der Waals surface area (Å²) in [7, 11) is 0. The van der Waals surface area contributed by atoms with Gasteiger partial charge < -0.3 is 15.3 Å². The van der Waals surface area contributed by atoms with E-state index in [2.05, 4.69) is 18.0 Å². The number of aliphatic hydroxyl groups is 1. The van der Waals surface area contributed by atoms with E-state index < -0.39 is 5.60 Å².